The van der Waals surface area contributed by atoms with Gasteiger partial charge in [-0.25, -0.2) is 4.57 Å². The van der Waals surface area contributed by atoms with Crippen LogP contribution in [0.25, 0.3) is 0 Å². The summed E-state index contributed by atoms with van der Waals surface area (Å²) >= 11 is 0. The minimum Gasteiger partial charge on any atom is -0.492 e. The molecule has 0 bridgehead atoms. The van der Waals surface area contributed by atoms with Crippen LogP contribution in [0.3, 0.4) is 0 Å². The van der Waals surface area contributed by atoms with Gasteiger partial charge in [-0.1, -0.05) is 127 Å². The molecule has 0 spiro atoms. The molecule has 0 aliphatic rings. The molecule has 0 aliphatic heterocycles. The van der Waals surface area contributed by atoms with E-state index in [0.717, 1.165) is 57.8 Å². The van der Waals surface area contributed by atoms with E-state index in [1.807, 2.05) is 6.08 Å². The fraction of sp³-hybridized carbons (Fsp3) is 0.780. The highest BCUT2D eigenvalue weighted by Gasteiger charge is 2.24. The van der Waals surface area contributed by atoms with Crippen LogP contribution >= 0.6 is 7.82 Å². The second-order valence-electron chi connectivity index (χ2n) is 13.2. The van der Waals surface area contributed by atoms with Crippen molar-refractivity contribution in [1.82, 2.24) is 0 Å². The van der Waals surface area contributed by atoms with Crippen molar-refractivity contribution in [3.63, 3.8) is 0 Å². The van der Waals surface area contributed by atoms with Crippen LogP contribution in [0.1, 0.15) is 174 Å². The SMILES string of the molecule is CCCCC/C=C\C/C=C\CCCCCCCC(=O)OC[C@H](COP(=O)(O)OCCN)O/C=C\CCCCCCCC/C=C\CCCCCC. The van der Waals surface area contributed by atoms with E-state index in [1.54, 1.807) is 6.26 Å². The lowest BCUT2D eigenvalue weighted by molar-refractivity contribution is -0.147. The second-order valence-corrected chi connectivity index (χ2v) is 14.7. The van der Waals surface area contributed by atoms with Crippen molar-refractivity contribution in [3.8, 4) is 0 Å². The molecule has 0 aromatic rings. The molecular weight excluding hydrogens is 649 g/mol. The number of phosphoric ester groups is 1. The Bertz CT molecular complexity index is 905. The van der Waals surface area contributed by atoms with Crippen LogP contribution in [0, 0.1) is 0 Å². The number of unbranched alkanes of at least 4 members (excludes halogenated alkanes) is 19. The monoisotopic (exact) mass is 726 g/mol. The minimum atomic E-state index is -4.27. The Morgan fingerprint density at radius 3 is 1.64 bits per heavy atom. The van der Waals surface area contributed by atoms with Crippen molar-refractivity contribution in [3.05, 3.63) is 48.8 Å². The maximum Gasteiger partial charge on any atom is 0.472 e. The standard InChI is InChI=1S/C41H76NO7P/c1-3-5-7-9-11-13-15-17-19-21-23-25-27-29-31-33-36-46-40(39-49-50(44,45)48-37-35-42)38-47-41(43)34-32-30-28-26-24-22-20-18-16-14-12-10-8-6-4-2/h12-15,18,20,33,36,40H,3-11,16-17,19,21-32,34-35,37-39,42H2,1-2H3,(H,44,45)/b14-12-,15-13-,20-18-,36-33-/t40-/m1/s1. The Balaban J connectivity index is 4.16. The predicted octanol–water partition coefficient (Wildman–Crippen LogP) is 12.0. The molecule has 50 heavy (non-hydrogen) atoms. The van der Waals surface area contributed by atoms with E-state index in [2.05, 4.69) is 50.3 Å². The van der Waals surface area contributed by atoms with Gasteiger partial charge in [-0.15, -0.1) is 0 Å². The van der Waals surface area contributed by atoms with E-state index in [0.29, 0.717) is 6.42 Å². The van der Waals surface area contributed by atoms with E-state index in [9.17, 15) is 14.3 Å². The number of hydrogen-bond acceptors (Lipinski definition) is 7. The van der Waals surface area contributed by atoms with Crippen LogP contribution in [-0.2, 0) is 27.9 Å². The summed E-state index contributed by atoms with van der Waals surface area (Å²) in [6.07, 6.45) is 45.1. The molecule has 0 amide bonds. The molecule has 0 heterocycles. The van der Waals surface area contributed by atoms with E-state index in [-0.39, 0.29) is 32.3 Å². The summed E-state index contributed by atoms with van der Waals surface area (Å²) in [4.78, 5) is 22.2. The quantitative estimate of drug-likeness (QED) is 0.0212. The first-order valence-corrected chi connectivity index (χ1v) is 21.7. The van der Waals surface area contributed by atoms with Crippen molar-refractivity contribution < 1.29 is 32.8 Å². The van der Waals surface area contributed by atoms with Crippen LogP contribution < -0.4 is 5.73 Å². The predicted molar refractivity (Wildman–Crippen MR) is 210 cm³/mol. The van der Waals surface area contributed by atoms with Crippen LogP contribution in [0.15, 0.2) is 48.8 Å². The summed E-state index contributed by atoms with van der Waals surface area (Å²) in [6, 6.07) is 0. The summed E-state index contributed by atoms with van der Waals surface area (Å²) in [5.41, 5.74) is 5.35. The van der Waals surface area contributed by atoms with Crippen molar-refractivity contribution in [1.29, 1.82) is 0 Å². The molecule has 0 fully saturated rings. The van der Waals surface area contributed by atoms with Crippen LogP contribution in [0.4, 0.5) is 0 Å². The van der Waals surface area contributed by atoms with Crippen molar-refractivity contribution in [2.24, 2.45) is 5.73 Å². The third kappa shape index (κ3) is 37.6. The number of carbonyl (C=O) groups excluding carboxylic acids is 1. The van der Waals surface area contributed by atoms with Gasteiger partial charge in [0.05, 0.1) is 19.5 Å². The Morgan fingerprint density at radius 2 is 1.08 bits per heavy atom. The van der Waals surface area contributed by atoms with Crippen LogP contribution in [0.2, 0.25) is 0 Å². The molecule has 0 saturated carbocycles. The zero-order valence-corrected chi connectivity index (χ0v) is 33.0. The van der Waals surface area contributed by atoms with Gasteiger partial charge in [0.1, 0.15) is 6.61 Å². The minimum absolute atomic E-state index is 0.0750. The zero-order chi connectivity index (χ0) is 36.6. The summed E-state index contributed by atoms with van der Waals surface area (Å²) < 4.78 is 33.1. The van der Waals surface area contributed by atoms with Crippen molar-refractivity contribution in [2.75, 3.05) is 26.4 Å². The first kappa shape index (κ1) is 48.3. The highest BCUT2D eigenvalue weighted by molar-refractivity contribution is 7.47. The fourth-order valence-corrected chi connectivity index (χ4v) is 6.00. The first-order valence-electron chi connectivity index (χ1n) is 20.2. The summed E-state index contributed by atoms with van der Waals surface area (Å²) in [7, 11) is -4.27. The number of hydrogen-bond donors (Lipinski definition) is 2. The number of phosphoric acid groups is 1. The molecule has 2 atom stereocenters. The number of allylic oxidation sites excluding steroid dienone is 7. The van der Waals surface area contributed by atoms with Crippen LogP contribution in [-0.4, -0.2) is 43.3 Å². The van der Waals surface area contributed by atoms with Crippen molar-refractivity contribution >= 4 is 13.8 Å². The molecule has 0 radical (unpaired) electrons. The largest absolute Gasteiger partial charge is 0.492 e. The lowest BCUT2D eigenvalue weighted by Gasteiger charge is -2.19. The van der Waals surface area contributed by atoms with Gasteiger partial charge in [-0.05, 0) is 83.1 Å². The maximum absolute atomic E-state index is 12.4. The normalized spacial score (nSPS) is 14.0. The molecule has 3 N–H and O–H groups in total. The summed E-state index contributed by atoms with van der Waals surface area (Å²) in [6.45, 7) is 4.15. The Kier molecular flexibility index (Phi) is 37.2. The number of nitrogens with two attached hydrogens (primary N) is 1. The molecule has 292 valence electrons. The Morgan fingerprint density at radius 1 is 0.620 bits per heavy atom. The Hall–Kier alpha value is -1.70. The smallest absolute Gasteiger partial charge is 0.472 e. The third-order valence-electron chi connectivity index (χ3n) is 8.31. The number of carbonyl (C=O) groups is 1. The molecule has 0 aliphatic carbocycles. The topological polar surface area (TPSA) is 117 Å². The molecular formula is C41H76NO7P. The molecule has 0 aromatic carbocycles. The van der Waals surface area contributed by atoms with Gasteiger partial charge < -0.3 is 20.1 Å². The highest BCUT2D eigenvalue weighted by atomic mass is 31.2. The molecule has 0 saturated heterocycles. The number of rotatable bonds is 38. The van der Waals surface area contributed by atoms with Gasteiger partial charge in [0, 0.05) is 13.0 Å². The fourth-order valence-electron chi connectivity index (χ4n) is 5.24. The average Bonchev–Trinajstić information content (AvgIpc) is 3.11. The highest BCUT2D eigenvalue weighted by Crippen LogP contribution is 2.43. The van der Waals surface area contributed by atoms with Crippen LogP contribution in [0.5, 0.6) is 0 Å². The van der Waals surface area contributed by atoms with E-state index in [4.69, 9.17) is 24.3 Å². The molecule has 1 unspecified atom stereocenters. The van der Waals surface area contributed by atoms with E-state index >= 15 is 0 Å². The molecule has 0 aromatic heterocycles. The second kappa shape index (κ2) is 38.5. The van der Waals surface area contributed by atoms with E-state index < -0.39 is 13.9 Å². The molecule has 9 heteroatoms. The lowest BCUT2D eigenvalue weighted by atomic mass is 10.1. The van der Waals surface area contributed by atoms with E-state index in [1.165, 1.54) is 96.3 Å². The van der Waals surface area contributed by atoms with Gasteiger partial charge in [-0.2, -0.15) is 0 Å². The first-order chi connectivity index (χ1) is 24.4. The average molecular weight is 726 g/mol. The van der Waals surface area contributed by atoms with Crippen molar-refractivity contribution in [2.45, 2.75) is 180 Å². The Labute approximate surface area is 307 Å². The maximum atomic E-state index is 12.4. The summed E-state index contributed by atoms with van der Waals surface area (Å²) in [5.74, 6) is -0.307. The molecule has 0 rings (SSSR count). The summed E-state index contributed by atoms with van der Waals surface area (Å²) in [5, 5.41) is 0. The van der Waals surface area contributed by atoms with Gasteiger partial charge in [-0.3, -0.25) is 13.8 Å². The number of ether oxygens (including phenoxy) is 2. The van der Waals surface area contributed by atoms with Gasteiger partial charge >= 0.3 is 13.8 Å². The zero-order valence-electron chi connectivity index (χ0n) is 32.1. The lowest BCUT2D eigenvalue weighted by Crippen LogP contribution is -2.25. The number of esters is 1. The van der Waals surface area contributed by atoms with Gasteiger partial charge in [0.25, 0.3) is 0 Å². The molecule has 8 nitrogen and oxygen atoms in total. The third-order valence-corrected chi connectivity index (χ3v) is 9.29. The van der Waals surface area contributed by atoms with Gasteiger partial charge in [0.15, 0.2) is 6.10 Å². The van der Waals surface area contributed by atoms with Gasteiger partial charge in [0.2, 0.25) is 0 Å².